The fraction of sp³-hybridized carbons (Fsp3) is 0.226. The minimum Gasteiger partial charge on any atom is -0.472 e. The van der Waals surface area contributed by atoms with Gasteiger partial charge < -0.3 is 19.9 Å². The Balaban J connectivity index is 1.38. The zero-order chi connectivity index (χ0) is 28.2. The molecule has 208 valence electrons. The van der Waals surface area contributed by atoms with Crippen molar-refractivity contribution in [2.24, 2.45) is 0 Å². The van der Waals surface area contributed by atoms with E-state index in [9.17, 15) is 0 Å². The first kappa shape index (κ1) is 27.3. The highest BCUT2D eigenvalue weighted by atomic mass is 32.2. The van der Waals surface area contributed by atoms with Gasteiger partial charge in [-0.3, -0.25) is 4.57 Å². The van der Waals surface area contributed by atoms with Gasteiger partial charge in [-0.25, -0.2) is 15.0 Å². The van der Waals surface area contributed by atoms with Gasteiger partial charge in [0.05, 0.1) is 12.9 Å². The number of anilines is 1. The van der Waals surface area contributed by atoms with Crippen LogP contribution >= 0.6 is 24.0 Å². The monoisotopic (exact) mass is 583 g/mol. The van der Waals surface area contributed by atoms with E-state index in [1.165, 1.54) is 18.1 Å². The summed E-state index contributed by atoms with van der Waals surface area (Å²) in [6.45, 7) is 0.237. The molecule has 0 radical (unpaired) electrons. The average molecular weight is 584 g/mol. The molecule has 0 saturated carbocycles. The van der Waals surface area contributed by atoms with Gasteiger partial charge in [0.25, 0.3) is 0 Å². The lowest BCUT2D eigenvalue weighted by Gasteiger charge is -2.37. The van der Waals surface area contributed by atoms with Crippen LogP contribution in [-0.2, 0) is 19.8 Å². The number of ether oxygens (including phenoxy) is 3. The Morgan fingerprint density at radius 3 is 2.10 bits per heavy atom. The predicted molar refractivity (Wildman–Crippen MR) is 164 cm³/mol. The number of nitrogens with zero attached hydrogens (tertiary/aromatic N) is 4. The number of aromatic nitrogens is 4. The molecule has 1 aliphatic heterocycles. The molecule has 3 heterocycles. The molecule has 3 atom stereocenters. The highest BCUT2D eigenvalue weighted by Gasteiger charge is 2.43. The third-order valence-electron chi connectivity index (χ3n) is 7.30. The number of hydrogen-bond acceptors (Lipinski definition) is 9. The maximum absolute atomic E-state index is 7.06. The van der Waals surface area contributed by atoms with E-state index in [-0.39, 0.29) is 12.7 Å². The van der Waals surface area contributed by atoms with Gasteiger partial charge in [0.2, 0.25) is 4.38 Å². The number of benzene rings is 3. The Kier molecular flexibility index (Phi) is 7.97. The summed E-state index contributed by atoms with van der Waals surface area (Å²) >= 11 is 6.84. The molecule has 6 rings (SSSR count). The largest absolute Gasteiger partial charge is 0.472 e. The fourth-order valence-corrected chi connectivity index (χ4v) is 5.72. The van der Waals surface area contributed by atoms with Gasteiger partial charge in [0, 0.05) is 6.42 Å². The van der Waals surface area contributed by atoms with E-state index in [1.54, 1.807) is 6.33 Å². The molecular formula is C31H29N5O3S2. The van der Waals surface area contributed by atoms with E-state index in [1.807, 2.05) is 65.4 Å². The van der Waals surface area contributed by atoms with E-state index in [0.717, 1.165) is 16.7 Å². The summed E-state index contributed by atoms with van der Waals surface area (Å²) in [7, 11) is 0. The third kappa shape index (κ3) is 5.31. The maximum Gasteiger partial charge on any atom is 0.220 e. The first-order chi connectivity index (χ1) is 20.1. The van der Waals surface area contributed by atoms with Crippen molar-refractivity contribution in [2.75, 3.05) is 18.6 Å². The van der Waals surface area contributed by atoms with E-state index in [0.29, 0.717) is 27.8 Å². The molecule has 0 amide bonds. The highest BCUT2D eigenvalue weighted by molar-refractivity contribution is 8.22. The van der Waals surface area contributed by atoms with Gasteiger partial charge in [-0.15, -0.1) is 0 Å². The van der Waals surface area contributed by atoms with Crippen molar-refractivity contribution >= 4 is 45.3 Å². The highest BCUT2D eigenvalue weighted by Crippen LogP contribution is 2.42. The summed E-state index contributed by atoms with van der Waals surface area (Å²) in [6.07, 6.45) is 4.34. The van der Waals surface area contributed by atoms with E-state index in [4.69, 9.17) is 32.2 Å². The first-order valence-electron chi connectivity index (χ1n) is 13.2. The molecule has 1 fully saturated rings. The topological polar surface area (TPSA) is 97.3 Å². The summed E-state index contributed by atoms with van der Waals surface area (Å²) < 4.78 is 22.2. The summed E-state index contributed by atoms with van der Waals surface area (Å²) in [5.74, 6) is 0.321. The van der Waals surface area contributed by atoms with Crippen LogP contribution < -0.4 is 5.73 Å². The van der Waals surface area contributed by atoms with Crippen molar-refractivity contribution in [1.82, 2.24) is 19.5 Å². The summed E-state index contributed by atoms with van der Waals surface area (Å²) in [4.78, 5) is 12.9. The van der Waals surface area contributed by atoms with Crippen LogP contribution in [0.15, 0.2) is 104 Å². The first-order valence-corrected chi connectivity index (χ1v) is 14.9. The Bertz CT molecular complexity index is 1520. The SMILES string of the molecule is CSC(=S)O[C@H]1C[C@H](n2cnc3c(N)ncnc32)O[C@@H]1COC(c1ccccc1)(c1ccccc1)c1ccccc1. The number of rotatable bonds is 8. The fourth-order valence-electron chi connectivity index (χ4n) is 5.37. The normalized spacial score (nSPS) is 18.9. The predicted octanol–water partition coefficient (Wildman–Crippen LogP) is 5.74. The summed E-state index contributed by atoms with van der Waals surface area (Å²) in [6, 6.07) is 30.8. The smallest absolute Gasteiger partial charge is 0.220 e. The van der Waals surface area contributed by atoms with Gasteiger partial charge in [-0.2, -0.15) is 0 Å². The van der Waals surface area contributed by atoms with Crippen LogP contribution in [0.2, 0.25) is 0 Å². The van der Waals surface area contributed by atoms with Crippen LogP contribution in [0.25, 0.3) is 11.2 Å². The molecular weight excluding hydrogens is 555 g/mol. The van der Waals surface area contributed by atoms with Gasteiger partial charge in [-0.05, 0) is 35.2 Å². The van der Waals surface area contributed by atoms with Crippen molar-refractivity contribution < 1.29 is 14.2 Å². The van der Waals surface area contributed by atoms with E-state index < -0.39 is 17.9 Å². The van der Waals surface area contributed by atoms with Crippen molar-refractivity contribution in [1.29, 1.82) is 0 Å². The Hall–Kier alpha value is -3.83. The van der Waals surface area contributed by atoms with Crippen LogP contribution in [0.3, 0.4) is 0 Å². The Morgan fingerprint density at radius 1 is 0.951 bits per heavy atom. The lowest BCUT2D eigenvalue weighted by Crippen LogP contribution is -2.38. The molecule has 0 spiro atoms. The molecule has 0 aliphatic carbocycles. The third-order valence-corrected chi connectivity index (χ3v) is 8.32. The number of hydrogen-bond donors (Lipinski definition) is 1. The van der Waals surface area contributed by atoms with Crippen LogP contribution in [0, 0.1) is 0 Å². The number of thiocarbonyl (C=S) groups is 1. The van der Waals surface area contributed by atoms with Crippen molar-refractivity contribution in [3.05, 3.63) is 120 Å². The second-order valence-electron chi connectivity index (χ2n) is 9.65. The molecule has 2 N–H and O–H groups in total. The van der Waals surface area contributed by atoms with Crippen LogP contribution in [0.4, 0.5) is 5.82 Å². The van der Waals surface area contributed by atoms with Crippen molar-refractivity contribution in [2.45, 2.75) is 30.5 Å². The molecule has 10 heteroatoms. The van der Waals surface area contributed by atoms with Crippen LogP contribution in [0.1, 0.15) is 29.3 Å². The minimum atomic E-state index is -0.890. The quantitative estimate of drug-likeness (QED) is 0.181. The number of nitrogen functional groups attached to an aromatic ring is 1. The molecule has 5 aromatic rings. The number of fused-ring (bicyclic) bond motifs is 1. The van der Waals surface area contributed by atoms with Crippen LogP contribution in [-0.4, -0.2) is 49.0 Å². The van der Waals surface area contributed by atoms with Gasteiger partial charge in [-0.1, -0.05) is 103 Å². The molecule has 41 heavy (non-hydrogen) atoms. The summed E-state index contributed by atoms with van der Waals surface area (Å²) in [5.41, 5.74) is 9.31. The Morgan fingerprint density at radius 2 is 1.54 bits per heavy atom. The lowest BCUT2D eigenvalue weighted by atomic mass is 9.80. The number of thioether (sulfide) groups is 1. The molecule has 8 nitrogen and oxygen atoms in total. The molecule has 1 aliphatic rings. The van der Waals surface area contributed by atoms with Crippen molar-refractivity contribution in [3.63, 3.8) is 0 Å². The number of nitrogens with two attached hydrogens (primary N) is 1. The maximum atomic E-state index is 7.06. The van der Waals surface area contributed by atoms with E-state index in [2.05, 4.69) is 51.4 Å². The van der Waals surface area contributed by atoms with Crippen LogP contribution in [0.5, 0.6) is 0 Å². The second-order valence-corrected chi connectivity index (χ2v) is 11.1. The average Bonchev–Trinajstić information content (AvgIpc) is 3.64. The zero-order valence-corrected chi connectivity index (χ0v) is 24.0. The standard InChI is InChI=1S/C31H29N5O3S2/c1-41-30(40)39-24-17-26(36-20-35-27-28(32)33-19-34-29(27)36)38-25(24)18-37-31(21-11-5-2-6-12-21,22-13-7-3-8-14-22)23-15-9-4-10-16-23/h2-16,19-20,24-26H,17-18H2,1H3,(H2,32,33,34)/t24-,25+,26+/m0/s1. The molecule has 3 aromatic carbocycles. The van der Waals surface area contributed by atoms with Crippen molar-refractivity contribution in [3.8, 4) is 0 Å². The lowest BCUT2D eigenvalue weighted by molar-refractivity contribution is -0.0908. The van der Waals surface area contributed by atoms with Gasteiger partial charge >= 0.3 is 0 Å². The minimum absolute atomic E-state index is 0.237. The Labute approximate surface area is 247 Å². The number of imidazole rings is 1. The van der Waals surface area contributed by atoms with E-state index >= 15 is 0 Å². The second kappa shape index (κ2) is 12.0. The summed E-state index contributed by atoms with van der Waals surface area (Å²) in [5, 5.41) is 0. The molecule has 1 saturated heterocycles. The molecule has 0 bridgehead atoms. The van der Waals surface area contributed by atoms with Gasteiger partial charge in [0.1, 0.15) is 35.9 Å². The van der Waals surface area contributed by atoms with Gasteiger partial charge in [0.15, 0.2) is 11.5 Å². The molecule has 2 aromatic heterocycles. The molecule has 0 unspecified atom stereocenters. The zero-order valence-electron chi connectivity index (χ0n) is 22.4.